The third kappa shape index (κ3) is 3.85. The summed E-state index contributed by atoms with van der Waals surface area (Å²) in [4.78, 5) is 31.6. The number of ether oxygens (including phenoxy) is 1. The fraction of sp³-hybridized carbons (Fsp3) is 0.160. The van der Waals surface area contributed by atoms with E-state index in [1.54, 1.807) is 61.8 Å². The fourth-order valence-corrected chi connectivity index (χ4v) is 3.89. The van der Waals surface area contributed by atoms with Crippen LogP contribution in [0.2, 0.25) is 0 Å². The van der Waals surface area contributed by atoms with Gasteiger partial charge in [0.05, 0.1) is 18.7 Å². The number of Topliss-reactive ketones (excluding diaryl/α,β-unsaturated/α-hetero) is 1. The summed E-state index contributed by atoms with van der Waals surface area (Å²) in [6, 6.07) is 13.4. The molecule has 0 saturated carbocycles. The Labute approximate surface area is 184 Å². The van der Waals surface area contributed by atoms with Gasteiger partial charge in [0.15, 0.2) is 0 Å². The van der Waals surface area contributed by atoms with E-state index in [-0.39, 0.29) is 17.9 Å². The van der Waals surface area contributed by atoms with Crippen LogP contribution in [0.4, 0.5) is 4.39 Å². The highest BCUT2D eigenvalue weighted by Gasteiger charge is 2.46. The molecule has 2 heterocycles. The molecule has 4 rings (SSSR count). The van der Waals surface area contributed by atoms with Gasteiger partial charge in [-0.2, -0.15) is 0 Å². The molecule has 32 heavy (non-hydrogen) atoms. The smallest absolute Gasteiger partial charge is 0.295 e. The van der Waals surface area contributed by atoms with E-state index in [1.807, 2.05) is 0 Å². The molecule has 1 amide bonds. The number of ketones is 1. The van der Waals surface area contributed by atoms with E-state index < -0.39 is 23.5 Å². The second-order valence-corrected chi connectivity index (χ2v) is 7.52. The van der Waals surface area contributed by atoms with Gasteiger partial charge in [0.2, 0.25) is 0 Å². The minimum absolute atomic E-state index is 0.0154. The molecular formula is C25H21FN2O4. The average molecular weight is 432 g/mol. The predicted octanol–water partition coefficient (Wildman–Crippen LogP) is 4.16. The number of aryl methyl sites for hydroxylation is 1. The van der Waals surface area contributed by atoms with Crippen molar-refractivity contribution in [2.75, 3.05) is 7.11 Å². The van der Waals surface area contributed by atoms with E-state index in [2.05, 4.69) is 4.98 Å². The average Bonchev–Trinajstić information content (AvgIpc) is 3.05. The maximum Gasteiger partial charge on any atom is 0.295 e. The number of hydrogen-bond acceptors (Lipinski definition) is 5. The van der Waals surface area contributed by atoms with Gasteiger partial charge in [-0.05, 0) is 60.0 Å². The molecule has 1 aliphatic rings. The van der Waals surface area contributed by atoms with E-state index in [0.29, 0.717) is 28.0 Å². The summed E-state index contributed by atoms with van der Waals surface area (Å²) in [5.41, 5.74) is 2.35. The van der Waals surface area contributed by atoms with Gasteiger partial charge in [0.1, 0.15) is 17.3 Å². The van der Waals surface area contributed by atoms with Crippen LogP contribution in [0.15, 0.2) is 72.6 Å². The summed E-state index contributed by atoms with van der Waals surface area (Å²) in [7, 11) is 1.54. The van der Waals surface area contributed by atoms with Crippen LogP contribution in [0.1, 0.15) is 28.3 Å². The van der Waals surface area contributed by atoms with E-state index in [1.165, 1.54) is 24.1 Å². The zero-order chi connectivity index (χ0) is 22.8. The monoisotopic (exact) mass is 432 g/mol. The number of carbonyl (C=O) groups is 2. The Kier molecular flexibility index (Phi) is 5.73. The van der Waals surface area contributed by atoms with Crippen LogP contribution in [0.3, 0.4) is 0 Å². The number of likely N-dealkylation sites (tertiary alicyclic amines) is 1. The Bertz CT molecular complexity index is 1210. The Hall–Kier alpha value is -4.00. The number of aliphatic hydroxyl groups is 1. The number of halogens is 1. The number of amides is 1. The van der Waals surface area contributed by atoms with Crippen LogP contribution in [0.25, 0.3) is 5.76 Å². The van der Waals surface area contributed by atoms with Gasteiger partial charge in [0.25, 0.3) is 11.7 Å². The van der Waals surface area contributed by atoms with Crippen molar-refractivity contribution in [3.05, 3.63) is 101 Å². The largest absolute Gasteiger partial charge is 0.507 e. The van der Waals surface area contributed by atoms with Gasteiger partial charge < -0.3 is 14.7 Å². The number of aliphatic hydroxyl groups excluding tert-OH is 1. The topological polar surface area (TPSA) is 79.7 Å². The first-order valence-corrected chi connectivity index (χ1v) is 9.98. The van der Waals surface area contributed by atoms with Crippen molar-refractivity contribution in [2.45, 2.75) is 19.5 Å². The Morgan fingerprint density at radius 2 is 1.91 bits per heavy atom. The molecule has 1 aliphatic heterocycles. The molecule has 1 atom stereocenters. The molecule has 6 nitrogen and oxygen atoms in total. The third-order valence-corrected chi connectivity index (χ3v) is 5.49. The zero-order valence-electron chi connectivity index (χ0n) is 17.6. The third-order valence-electron chi connectivity index (χ3n) is 5.49. The lowest BCUT2D eigenvalue weighted by Crippen LogP contribution is -2.29. The van der Waals surface area contributed by atoms with Crippen molar-refractivity contribution < 1.29 is 23.8 Å². The highest BCUT2D eigenvalue weighted by molar-refractivity contribution is 6.46. The summed E-state index contributed by atoms with van der Waals surface area (Å²) < 4.78 is 18.5. The van der Waals surface area contributed by atoms with Crippen LogP contribution in [-0.4, -0.2) is 33.8 Å². The molecule has 1 unspecified atom stereocenters. The van der Waals surface area contributed by atoms with Crippen molar-refractivity contribution >= 4 is 17.4 Å². The van der Waals surface area contributed by atoms with Gasteiger partial charge in [-0.15, -0.1) is 0 Å². The normalized spacial score (nSPS) is 17.6. The number of rotatable bonds is 5. The molecule has 1 saturated heterocycles. The Morgan fingerprint density at radius 3 is 2.53 bits per heavy atom. The van der Waals surface area contributed by atoms with Crippen LogP contribution < -0.4 is 4.74 Å². The number of hydrogen-bond donors (Lipinski definition) is 1. The maximum atomic E-state index is 13.3. The van der Waals surface area contributed by atoms with E-state index in [9.17, 15) is 19.1 Å². The number of benzene rings is 2. The Balaban J connectivity index is 1.85. The molecular weight excluding hydrogens is 411 g/mol. The molecule has 0 spiro atoms. The second kappa shape index (κ2) is 8.63. The van der Waals surface area contributed by atoms with Crippen LogP contribution in [0.5, 0.6) is 5.75 Å². The number of pyridine rings is 1. The fourth-order valence-electron chi connectivity index (χ4n) is 3.89. The number of nitrogens with zero attached hydrogens (tertiary/aromatic N) is 2. The summed E-state index contributed by atoms with van der Waals surface area (Å²) in [5, 5.41) is 11.2. The first-order chi connectivity index (χ1) is 15.4. The lowest BCUT2D eigenvalue weighted by molar-refractivity contribution is -0.140. The molecule has 0 aliphatic carbocycles. The zero-order valence-corrected chi connectivity index (χ0v) is 17.6. The van der Waals surface area contributed by atoms with Gasteiger partial charge in [-0.3, -0.25) is 14.6 Å². The lowest BCUT2D eigenvalue weighted by atomic mass is 9.94. The highest BCUT2D eigenvalue weighted by atomic mass is 19.1. The van der Waals surface area contributed by atoms with Crippen molar-refractivity contribution in [3.8, 4) is 5.75 Å². The van der Waals surface area contributed by atoms with Crippen LogP contribution in [0, 0.1) is 12.7 Å². The minimum atomic E-state index is -0.838. The molecule has 1 fully saturated rings. The molecule has 0 radical (unpaired) electrons. The van der Waals surface area contributed by atoms with Crippen molar-refractivity contribution in [1.29, 1.82) is 0 Å². The number of carbonyl (C=O) groups excluding carboxylic acids is 2. The highest BCUT2D eigenvalue weighted by Crippen LogP contribution is 2.40. The second-order valence-electron chi connectivity index (χ2n) is 7.52. The molecule has 3 aromatic rings. The summed E-state index contributed by atoms with van der Waals surface area (Å²) in [6.07, 6.45) is 3.14. The van der Waals surface area contributed by atoms with E-state index in [4.69, 9.17) is 4.74 Å². The first-order valence-electron chi connectivity index (χ1n) is 9.98. The standard InChI is InChI=1S/C25H21FN2O4/c1-15-12-19(32-2)9-10-20(15)23(29)21-22(17-4-3-11-27-13-17)28(25(31)24(21)30)14-16-5-7-18(26)8-6-16/h3-13,22,29H,14H2,1-2H3/b23-21-. The molecule has 162 valence electrons. The predicted molar refractivity (Wildman–Crippen MR) is 116 cm³/mol. The van der Waals surface area contributed by atoms with Crippen molar-refractivity contribution in [1.82, 2.24) is 9.88 Å². The van der Waals surface area contributed by atoms with Gasteiger partial charge in [-0.25, -0.2) is 4.39 Å². The maximum absolute atomic E-state index is 13.3. The Morgan fingerprint density at radius 1 is 1.16 bits per heavy atom. The quantitative estimate of drug-likeness (QED) is 0.372. The van der Waals surface area contributed by atoms with Crippen LogP contribution in [-0.2, 0) is 16.1 Å². The van der Waals surface area contributed by atoms with E-state index in [0.717, 1.165) is 0 Å². The number of aromatic nitrogens is 1. The molecule has 1 aromatic heterocycles. The van der Waals surface area contributed by atoms with Gasteiger partial charge in [-0.1, -0.05) is 18.2 Å². The van der Waals surface area contributed by atoms with Gasteiger partial charge in [0, 0.05) is 24.5 Å². The van der Waals surface area contributed by atoms with E-state index >= 15 is 0 Å². The molecule has 2 aromatic carbocycles. The summed E-state index contributed by atoms with van der Waals surface area (Å²) >= 11 is 0. The summed E-state index contributed by atoms with van der Waals surface area (Å²) in [5.74, 6) is -1.57. The molecule has 0 bridgehead atoms. The van der Waals surface area contributed by atoms with Crippen molar-refractivity contribution in [3.63, 3.8) is 0 Å². The first kappa shape index (κ1) is 21.2. The summed E-state index contributed by atoms with van der Waals surface area (Å²) in [6.45, 7) is 1.86. The molecule has 1 N–H and O–H groups in total. The minimum Gasteiger partial charge on any atom is -0.507 e. The van der Waals surface area contributed by atoms with Crippen molar-refractivity contribution in [2.24, 2.45) is 0 Å². The van der Waals surface area contributed by atoms with Crippen LogP contribution >= 0.6 is 0 Å². The van der Waals surface area contributed by atoms with Gasteiger partial charge >= 0.3 is 0 Å². The SMILES string of the molecule is COc1ccc(/C(O)=C2/C(=O)C(=O)N(Cc3ccc(F)cc3)C2c2cccnc2)c(C)c1. The molecule has 7 heteroatoms. The number of methoxy groups -OCH3 is 1. The lowest BCUT2D eigenvalue weighted by Gasteiger charge is -2.25.